The lowest BCUT2D eigenvalue weighted by molar-refractivity contribution is -0.143. The molecule has 0 aromatic carbocycles. The minimum absolute atomic E-state index is 0.0137. The van der Waals surface area contributed by atoms with Gasteiger partial charge in [0, 0.05) is 12.8 Å². The van der Waals surface area contributed by atoms with Crippen LogP contribution < -0.4 is 5.32 Å². The van der Waals surface area contributed by atoms with E-state index in [0.29, 0.717) is 19.4 Å². The molecule has 2 unspecified atom stereocenters. The van der Waals surface area contributed by atoms with Gasteiger partial charge in [0.15, 0.2) is 0 Å². The summed E-state index contributed by atoms with van der Waals surface area (Å²) in [6.07, 6.45) is 107. The Bertz CT molecular complexity index is 1520. The van der Waals surface area contributed by atoms with E-state index in [9.17, 15) is 19.8 Å². The highest BCUT2D eigenvalue weighted by molar-refractivity contribution is 5.76. The molecule has 0 aromatic heterocycles. The van der Waals surface area contributed by atoms with Crippen LogP contribution in [-0.4, -0.2) is 47.4 Å². The van der Waals surface area contributed by atoms with Gasteiger partial charge in [0.25, 0.3) is 0 Å². The third-order valence-corrected chi connectivity index (χ3v) is 19.3. The molecule has 6 heteroatoms. The van der Waals surface area contributed by atoms with Crippen LogP contribution in [-0.2, 0) is 14.3 Å². The van der Waals surface area contributed by atoms with E-state index in [4.69, 9.17) is 4.74 Å². The van der Waals surface area contributed by atoms with Crippen molar-refractivity contribution in [3.8, 4) is 0 Å². The minimum Gasteiger partial charge on any atom is -0.466 e. The second-order valence-corrected chi connectivity index (χ2v) is 28.4. The van der Waals surface area contributed by atoms with E-state index in [1.54, 1.807) is 6.08 Å². The van der Waals surface area contributed by atoms with E-state index < -0.39 is 12.1 Å². The van der Waals surface area contributed by atoms with Crippen LogP contribution in [0.5, 0.6) is 0 Å². The maximum atomic E-state index is 12.6. The molecule has 0 aliphatic rings. The van der Waals surface area contributed by atoms with E-state index in [-0.39, 0.29) is 18.5 Å². The highest BCUT2D eigenvalue weighted by Gasteiger charge is 2.18. The summed E-state index contributed by atoms with van der Waals surface area (Å²) in [4.78, 5) is 24.7. The van der Waals surface area contributed by atoms with Crippen molar-refractivity contribution in [1.82, 2.24) is 5.32 Å². The molecule has 91 heavy (non-hydrogen) atoms. The number of hydrogen-bond acceptors (Lipinski definition) is 5. The summed E-state index contributed by atoms with van der Waals surface area (Å²) < 4.78 is 5.51. The third kappa shape index (κ3) is 76.7. The van der Waals surface area contributed by atoms with Gasteiger partial charge in [-0.15, -0.1) is 0 Å². The van der Waals surface area contributed by atoms with Gasteiger partial charge in [0.2, 0.25) is 5.91 Å². The molecule has 0 saturated heterocycles. The number of carbonyl (C=O) groups is 2. The first kappa shape index (κ1) is 88.8. The Morgan fingerprint density at radius 1 is 0.308 bits per heavy atom. The predicted octanol–water partition coefficient (Wildman–Crippen LogP) is 27.5. The molecular formula is C85H161NO5. The number of amides is 1. The average Bonchev–Trinajstić information content (AvgIpc) is 3.65. The van der Waals surface area contributed by atoms with Gasteiger partial charge < -0.3 is 20.3 Å². The molecule has 0 aliphatic heterocycles. The van der Waals surface area contributed by atoms with Crippen LogP contribution in [0.1, 0.15) is 457 Å². The van der Waals surface area contributed by atoms with Crippen LogP contribution in [0.4, 0.5) is 0 Å². The quantitative estimate of drug-likeness (QED) is 0.0320. The van der Waals surface area contributed by atoms with Crippen molar-refractivity contribution in [3.05, 3.63) is 48.6 Å². The molecule has 0 fully saturated rings. The Morgan fingerprint density at radius 2 is 0.549 bits per heavy atom. The number of hydrogen-bond donors (Lipinski definition) is 3. The largest absolute Gasteiger partial charge is 0.466 e. The fourth-order valence-electron chi connectivity index (χ4n) is 13.0. The fourth-order valence-corrected chi connectivity index (χ4v) is 13.0. The lowest BCUT2D eigenvalue weighted by Crippen LogP contribution is -2.45. The van der Waals surface area contributed by atoms with Crippen molar-refractivity contribution in [2.24, 2.45) is 0 Å². The highest BCUT2D eigenvalue weighted by atomic mass is 16.5. The van der Waals surface area contributed by atoms with Gasteiger partial charge in [-0.25, -0.2) is 0 Å². The molecule has 1 amide bonds. The summed E-state index contributed by atoms with van der Waals surface area (Å²) in [6, 6.07) is -0.629. The summed E-state index contributed by atoms with van der Waals surface area (Å²) in [5, 5.41) is 23.3. The molecule has 0 bridgehead atoms. The second kappa shape index (κ2) is 80.3. The summed E-state index contributed by atoms with van der Waals surface area (Å²) in [7, 11) is 0. The van der Waals surface area contributed by atoms with E-state index in [1.165, 1.54) is 379 Å². The van der Waals surface area contributed by atoms with Crippen molar-refractivity contribution < 1.29 is 24.5 Å². The van der Waals surface area contributed by atoms with Crippen LogP contribution in [0, 0.1) is 0 Å². The first-order valence-corrected chi connectivity index (χ1v) is 41.4. The van der Waals surface area contributed by atoms with Gasteiger partial charge in [-0.05, 0) is 89.9 Å². The number of allylic oxidation sites excluding steroid dienone is 7. The smallest absolute Gasteiger partial charge is 0.305 e. The summed E-state index contributed by atoms with van der Waals surface area (Å²) in [5.74, 6) is -0.0478. The number of aliphatic hydroxyl groups excluding tert-OH is 2. The zero-order valence-electron chi connectivity index (χ0n) is 61.6. The van der Waals surface area contributed by atoms with Gasteiger partial charge in [0.1, 0.15) is 0 Å². The standard InChI is InChI=1S/C85H161NO5/c1-3-5-7-9-11-13-15-17-19-21-23-24-25-32-35-38-42-45-49-53-57-61-65-69-73-77-83(88)82(81-87)86-84(89)78-74-70-66-62-58-54-50-46-43-39-36-33-30-28-26-27-29-31-34-37-40-44-48-52-56-60-64-68-72-76-80-91-85(90)79-75-71-67-63-59-55-51-47-41-22-20-18-16-14-12-10-8-6-4-2/h12,14,18,20,27,29,73,77,82-83,87-88H,3-11,13,15-17,19,21-26,28,30-72,74-76,78-81H2,1-2H3,(H,86,89)/b14-12-,20-18-,29-27-,77-73+. The Kier molecular flexibility index (Phi) is 78.3. The summed E-state index contributed by atoms with van der Waals surface area (Å²) in [5.41, 5.74) is 0. The molecule has 6 nitrogen and oxygen atoms in total. The Balaban J connectivity index is 3.39. The SMILES string of the molecule is CCCCC/C=C\C/C=C\CCCCCCCCCCCC(=O)OCCCCCCCCCCCCCC/C=C\CCCCCCCCCCCCCCCCC(=O)NC(CO)C(O)/C=C/CCCCCCCCCCCCCCCCCCCCCCCCC. The summed E-state index contributed by atoms with van der Waals surface area (Å²) >= 11 is 0. The molecule has 0 spiro atoms. The number of unbranched alkanes of at least 4 members (excludes halogenated alkanes) is 61. The average molecular weight is 1280 g/mol. The van der Waals surface area contributed by atoms with E-state index in [2.05, 4.69) is 55.6 Å². The molecule has 0 aliphatic carbocycles. The maximum Gasteiger partial charge on any atom is 0.305 e. The zero-order chi connectivity index (χ0) is 65.6. The van der Waals surface area contributed by atoms with Crippen molar-refractivity contribution >= 4 is 11.9 Å². The third-order valence-electron chi connectivity index (χ3n) is 19.3. The lowest BCUT2D eigenvalue weighted by Gasteiger charge is -2.20. The minimum atomic E-state index is -0.846. The van der Waals surface area contributed by atoms with E-state index in [0.717, 1.165) is 51.4 Å². The Morgan fingerprint density at radius 3 is 0.868 bits per heavy atom. The van der Waals surface area contributed by atoms with Gasteiger partial charge >= 0.3 is 5.97 Å². The first-order chi connectivity index (χ1) is 45.0. The van der Waals surface area contributed by atoms with Gasteiger partial charge in [-0.1, -0.05) is 403 Å². The monoisotopic (exact) mass is 1280 g/mol. The van der Waals surface area contributed by atoms with Crippen LogP contribution in [0.15, 0.2) is 48.6 Å². The molecular weight excluding hydrogens is 1110 g/mol. The molecule has 0 heterocycles. The zero-order valence-corrected chi connectivity index (χ0v) is 61.6. The Labute approximate surface area is 569 Å². The first-order valence-electron chi connectivity index (χ1n) is 41.4. The number of carbonyl (C=O) groups excluding carboxylic acids is 2. The van der Waals surface area contributed by atoms with E-state index >= 15 is 0 Å². The van der Waals surface area contributed by atoms with Gasteiger partial charge in [-0.2, -0.15) is 0 Å². The van der Waals surface area contributed by atoms with Crippen LogP contribution in [0.25, 0.3) is 0 Å². The molecule has 3 N–H and O–H groups in total. The second-order valence-electron chi connectivity index (χ2n) is 28.4. The van der Waals surface area contributed by atoms with Crippen LogP contribution in [0.2, 0.25) is 0 Å². The molecule has 536 valence electrons. The number of aliphatic hydroxyl groups is 2. The van der Waals surface area contributed by atoms with Crippen molar-refractivity contribution in [1.29, 1.82) is 0 Å². The normalized spacial score (nSPS) is 12.7. The maximum absolute atomic E-state index is 12.6. The van der Waals surface area contributed by atoms with Gasteiger partial charge in [-0.3, -0.25) is 9.59 Å². The van der Waals surface area contributed by atoms with Crippen molar-refractivity contribution in [2.75, 3.05) is 13.2 Å². The molecule has 0 saturated carbocycles. The number of esters is 1. The number of ether oxygens (including phenoxy) is 1. The Hall–Kier alpha value is -2.18. The topological polar surface area (TPSA) is 95.9 Å². The van der Waals surface area contributed by atoms with Crippen molar-refractivity contribution in [3.63, 3.8) is 0 Å². The van der Waals surface area contributed by atoms with E-state index in [1.807, 2.05) is 6.08 Å². The predicted molar refractivity (Wildman–Crippen MR) is 402 cm³/mol. The lowest BCUT2D eigenvalue weighted by atomic mass is 10.0. The van der Waals surface area contributed by atoms with Gasteiger partial charge in [0.05, 0.1) is 25.4 Å². The van der Waals surface area contributed by atoms with Crippen LogP contribution >= 0.6 is 0 Å². The van der Waals surface area contributed by atoms with Crippen molar-refractivity contribution in [2.45, 2.75) is 469 Å². The van der Waals surface area contributed by atoms with Crippen LogP contribution in [0.3, 0.4) is 0 Å². The fraction of sp³-hybridized carbons (Fsp3) is 0.882. The molecule has 0 rings (SSSR count). The number of nitrogens with one attached hydrogen (secondary N) is 1. The molecule has 0 aromatic rings. The highest BCUT2D eigenvalue weighted by Crippen LogP contribution is 2.20. The summed E-state index contributed by atoms with van der Waals surface area (Å²) in [6.45, 7) is 4.93. The molecule has 2 atom stereocenters. The number of rotatable bonds is 78. The molecule has 0 radical (unpaired) electrons.